The van der Waals surface area contributed by atoms with E-state index in [1.165, 1.54) is 11.8 Å². The molecule has 4 nitrogen and oxygen atoms in total. The lowest BCUT2D eigenvalue weighted by Gasteiger charge is -2.08. The average Bonchev–Trinajstić information content (AvgIpc) is 2.38. The second-order valence-corrected chi connectivity index (χ2v) is 4.98. The van der Waals surface area contributed by atoms with Crippen molar-refractivity contribution in [1.82, 2.24) is 4.98 Å². The Morgan fingerprint density at radius 2 is 2.17 bits per heavy atom. The number of nitrogens with zero attached hydrogens (tertiary/aromatic N) is 1. The molecule has 0 aliphatic carbocycles. The molecule has 0 amide bonds. The molecule has 0 aliphatic rings. The van der Waals surface area contributed by atoms with Gasteiger partial charge >= 0.3 is 5.97 Å². The first-order chi connectivity index (χ1) is 8.68. The van der Waals surface area contributed by atoms with Gasteiger partial charge in [-0.25, -0.2) is 0 Å². The van der Waals surface area contributed by atoms with E-state index >= 15 is 0 Å². The zero-order chi connectivity index (χ0) is 13.0. The molecule has 3 N–H and O–H groups in total. The van der Waals surface area contributed by atoms with Crippen LogP contribution in [-0.4, -0.2) is 27.9 Å². The number of fused-ring (bicyclic) bond motifs is 1. The van der Waals surface area contributed by atoms with Crippen molar-refractivity contribution in [2.75, 3.05) is 5.75 Å². The first kappa shape index (κ1) is 12.9. The third kappa shape index (κ3) is 3.00. The summed E-state index contributed by atoms with van der Waals surface area (Å²) in [6, 6.07) is 9.07. The summed E-state index contributed by atoms with van der Waals surface area (Å²) in [7, 11) is 0. The van der Waals surface area contributed by atoms with E-state index in [2.05, 4.69) is 4.98 Å². The largest absolute Gasteiger partial charge is 0.480 e. The number of nitrogens with two attached hydrogens (primary N) is 1. The summed E-state index contributed by atoms with van der Waals surface area (Å²) in [6.45, 7) is 0. The highest BCUT2D eigenvalue weighted by Gasteiger charge is 2.11. The molecule has 2 rings (SSSR count). The van der Waals surface area contributed by atoms with Gasteiger partial charge in [0.2, 0.25) is 0 Å². The van der Waals surface area contributed by atoms with E-state index in [1.807, 2.05) is 30.3 Å². The molecule has 1 aromatic heterocycles. The van der Waals surface area contributed by atoms with Gasteiger partial charge in [-0.2, -0.15) is 11.8 Å². The van der Waals surface area contributed by atoms with Gasteiger partial charge in [-0.1, -0.05) is 18.2 Å². The van der Waals surface area contributed by atoms with Gasteiger partial charge < -0.3 is 10.8 Å². The molecule has 18 heavy (non-hydrogen) atoms. The molecule has 1 aromatic carbocycles. The summed E-state index contributed by atoms with van der Waals surface area (Å²) in [6.07, 6.45) is 1.77. The second-order valence-electron chi connectivity index (χ2n) is 3.95. The third-order valence-electron chi connectivity index (χ3n) is 2.61. The number of carboxylic acid groups (broad SMARTS) is 1. The highest BCUT2D eigenvalue weighted by atomic mass is 32.2. The molecule has 0 saturated carbocycles. The number of hydrogen-bond donors (Lipinski definition) is 2. The van der Waals surface area contributed by atoms with Crippen molar-refractivity contribution in [3.8, 4) is 0 Å². The van der Waals surface area contributed by atoms with E-state index in [0.29, 0.717) is 5.75 Å². The van der Waals surface area contributed by atoms with E-state index in [4.69, 9.17) is 10.8 Å². The fourth-order valence-corrected chi connectivity index (χ4v) is 2.63. The fourth-order valence-electron chi connectivity index (χ4n) is 1.65. The molecule has 5 heteroatoms. The van der Waals surface area contributed by atoms with E-state index in [9.17, 15) is 4.79 Å². The quantitative estimate of drug-likeness (QED) is 0.860. The van der Waals surface area contributed by atoms with Crippen LogP contribution >= 0.6 is 11.8 Å². The fraction of sp³-hybridized carbons (Fsp3) is 0.231. The molecule has 0 saturated heterocycles. The Hall–Kier alpha value is -1.59. The number of carbonyl (C=O) groups is 1. The van der Waals surface area contributed by atoms with Crippen LogP contribution in [0.3, 0.4) is 0 Å². The predicted octanol–water partition coefficient (Wildman–Crippen LogP) is 1.88. The van der Waals surface area contributed by atoms with Crippen molar-refractivity contribution in [2.45, 2.75) is 11.8 Å². The van der Waals surface area contributed by atoms with Crippen molar-refractivity contribution < 1.29 is 9.90 Å². The van der Waals surface area contributed by atoms with Crippen LogP contribution < -0.4 is 5.73 Å². The summed E-state index contributed by atoms with van der Waals surface area (Å²) >= 11 is 1.52. The van der Waals surface area contributed by atoms with Crippen molar-refractivity contribution in [3.63, 3.8) is 0 Å². The predicted molar refractivity (Wildman–Crippen MR) is 73.5 cm³/mol. The number of thioether (sulfide) groups is 1. The first-order valence-corrected chi connectivity index (χ1v) is 6.72. The highest BCUT2D eigenvalue weighted by Crippen LogP contribution is 2.21. The van der Waals surface area contributed by atoms with Crippen molar-refractivity contribution in [2.24, 2.45) is 5.73 Å². The normalized spacial score (nSPS) is 12.5. The Balaban J connectivity index is 2.06. The smallest absolute Gasteiger partial charge is 0.321 e. The maximum Gasteiger partial charge on any atom is 0.321 e. The molecular formula is C13H14N2O2S. The maximum absolute atomic E-state index is 10.6. The van der Waals surface area contributed by atoms with Gasteiger partial charge in [0.15, 0.2) is 0 Å². The average molecular weight is 262 g/mol. The number of pyridine rings is 1. The second kappa shape index (κ2) is 5.84. The van der Waals surface area contributed by atoms with E-state index in [0.717, 1.165) is 22.2 Å². The Morgan fingerprint density at radius 3 is 2.94 bits per heavy atom. The standard InChI is InChI=1S/C13H14N2O2S/c14-11(13(16)17)8-18-7-9-5-6-15-12-4-2-1-3-10(9)12/h1-6,11H,7-8,14H2,(H,16,17)/t11-/m0/s1. The topological polar surface area (TPSA) is 76.2 Å². The summed E-state index contributed by atoms with van der Waals surface area (Å²) in [5.41, 5.74) is 7.57. The molecule has 0 radical (unpaired) electrons. The van der Waals surface area contributed by atoms with E-state index in [-0.39, 0.29) is 0 Å². The lowest BCUT2D eigenvalue weighted by atomic mass is 10.1. The highest BCUT2D eigenvalue weighted by molar-refractivity contribution is 7.98. The maximum atomic E-state index is 10.6. The van der Waals surface area contributed by atoms with Gasteiger partial charge in [0, 0.05) is 23.1 Å². The SMILES string of the molecule is N[C@@H](CSCc1ccnc2ccccc12)C(=O)O. The first-order valence-electron chi connectivity index (χ1n) is 5.57. The van der Waals surface area contributed by atoms with Crippen LogP contribution in [0.5, 0.6) is 0 Å². The summed E-state index contributed by atoms with van der Waals surface area (Å²) in [4.78, 5) is 14.9. The summed E-state index contributed by atoms with van der Waals surface area (Å²) < 4.78 is 0. The Bertz CT molecular complexity index is 554. The van der Waals surface area contributed by atoms with Gasteiger partial charge in [-0.05, 0) is 17.7 Å². The van der Waals surface area contributed by atoms with Gasteiger partial charge in [0.1, 0.15) is 6.04 Å². The zero-order valence-corrected chi connectivity index (χ0v) is 10.6. The van der Waals surface area contributed by atoms with E-state index < -0.39 is 12.0 Å². The molecule has 2 aromatic rings. The number of para-hydroxylation sites is 1. The van der Waals surface area contributed by atoms with Gasteiger partial charge in [-0.3, -0.25) is 9.78 Å². The lowest BCUT2D eigenvalue weighted by Crippen LogP contribution is -2.32. The molecule has 0 spiro atoms. The molecular weight excluding hydrogens is 248 g/mol. The van der Waals surface area contributed by atoms with Crippen LogP contribution in [0.15, 0.2) is 36.5 Å². The van der Waals surface area contributed by atoms with Crippen LogP contribution in [-0.2, 0) is 10.5 Å². The number of aromatic nitrogens is 1. The molecule has 0 unspecified atom stereocenters. The number of rotatable bonds is 5. The van der Waals surface area contributed by atoms with Crippen LogP contribution in [0, 0.1) is 0 Å². The van der Waals surface area contributed by atoms with Gasteiger partial charge in [0.05, 0.1) is 5.52 Å². The van der Waals surface area contributed by atoms with Gasteiger partial charge in [0.25, 0.3) is 0 Å². The Morgan fingerprint density at radius 1 is 1.39 bits per heavy atom. The summed E-state index contributed by atoms with van der Waals surface area (Å²) in [5.74, 6) is 0.192. The molecule has 94 valence electrons. The van der Waals surface area contributed by atoms with Crippen molar-refractivity contribution in [3.05, 3.63) is 42.1 Å². The van der Waals surface area contributed by atoms with E-state index in [1.54, 1.807) is 6.20 Å². The molecule has 0 fully saturated rings. The third-order valence-corrected chi connectivity index (χ3v) is 3.72. The van der Waals surface area contributed by atoms with Crippen LogP contribution in [0.2, 0.25) is 0 Å². The van der Waals surface area contributed by atoms with Crippen molar-refractivity contribution in [1.29, 1.82) is 0 Å². The minimum atomic E-state index is -0.956. The van der Waals surface area contributed by atoms with Crippen LogP contribution in [0.4, 0.5) is 0 Å². The molecule has 0 bridgehead atoms. The van der Waals surface area contributed by atoms with Gasteiger partial charge in [-0.15, -0.1) is 0 Å². The number of benzene rings is 1. The molecule has 1 atom stereocenters. The Labute approximate surface area is 109 Å². The monoisotopic (exact) mass is 262 g/mol. The number of aliphatic carboxylic acids is 1. The summed E-state index contributed by atoms with van der Waals surface area (Å²) in [5, 5.41) is 9.81. The Kier molecular flexibility index (Phi) is 4.17. The number of carboxylic acids is 1. The lowest BCUT2D eigenvalue weighted by molar-refractivity contribution is -0.137. The minimum absolute atomic E-state index is 0.409. The minimum Gasteiger partial charge on any atom is -0.480 e. The van der Waals surface area contributed by atoms with Crippen LogP contribution in [0.1, 0.15) is 5.56 Å². The van der Waals surface area contributed by atoms with Crippen molar-refractivity contribution >= 4 is 28.6 Å². The zero-order valence-electron chi connectivity index (χ0n) is 9.74. The molecule has 1 heterocycles. The number of hydrogen-bond acceptors (Lipinski definition) is 4. The van der Waals surface area contributed by atoms with Crippen LogP contribution in [0.25, 0.3) is 10.9 Å². The molecule has 0 aliphatic heterocycles.